The number of aromatic nitrogens is 2. The van der Waals surface area contributed by atoms with E-state index in [4.69, 9.17) is 11.2 Å². The van der Waals surface area contributed by atoms with E-state index in [1.807, 2.05) is 48.2 Å². The maximum absolute atomic E-state index is 12.4. The number of cyclic esters (lactones) is 1. The zero-order chi connectivity index (χ0) is 23.2. The Morgan fingerprint density at radius 2 is 2.15 bits per heavy atom. The van der Waals surface area contributed by atoms with Gasteiger partial charge in [0.2, 0.25) is 5.91 Å². The molecule has 1 aliphatic heterocycles. The van der Waals surface area contributed by atoms with E-state index >= 15 is 0 Å². The van der Waals surface area contributed by atoms with Gasteiger partial charge >= 0.3 is 5.97 Å². The summed E-state index contributed by atoms with van der Waals surface area (Å²) in [7, 11) is 0. The summed E-state index contributed by atoms with van der Waals surface area (Å²) in [4.78, 5) is 34.5. The predicted molar refractivity (Wildman–Crippen MR) is 127 cm³/mol. The minimum absolute atomic E-state index is 0.148. The van der Waals surface area contributed by atoms with Crippen molar-refractivity contribution in [3.63, 3.8) is 0 Å². The third-order valence-electron chi connectivity index (χ3n) is 5.03. The molecule has 0 spiro atoms. The van der Waals surface area contributed by atoms with Gasteiger partial charge in [-0.3, -0.25) is 14.5 Å². The van der Waals surface area contributed by atoms with Crippen molar-refractivity contribution in [1.82, 2.24) is 14.9 Å². The van der Waals surface area contributed by atoms with Crippen LogP contribution in [0, 0.1) is 12.3 Å². The van der Waals surface area contributed by atoms with Crippen LogP contribution >= 0.6 is 0 Å². The van der Waals surface area contributed by atoms with Gasteiger partial charge in [-0.1, -0.05) is 18.1 Å². The Morgan fingerprint density at radius 1 is 1.27 bits per heavy atom. The fourth-order valence-corrected chi connectivity index (χ4v) is 3.60. The first kappa shape index (κ1) is 22.0. The first-order chi connectivity index (χ1) is 16.0. The highest BCUT2D eigenvalue weighted by Gasteiger charge is 2.22. The average Bonchev–Trinajstić information content (AvgIpc) is 2.79. The van der Waals surface area contributed by atoms with Gasteiger partial charge in [-0.25, -0.2) is 9.97 Å². The van der Waals surface area contributed by atoms with Crippen LogP contribution in [0.25, 0.3) is 10.9 Å². The number of carbonyl (C=O) groups excluding carboxylic acids is 2. The number of nitrogens with one attached hydrogen (secondary N) is 2. The fourth-order valence-electron chi connectivity index (χ4n) is 3.60. The molecule has 0 saturated carbocycles. The van der Waals surface area contributed by atoms with E-state index in [0.717, 1.165) is 22.2 Å². The topological polar surface area (TPSA) is 96.5 Å². The molecule has 166 valence electrons. The number of hydrogen-bond acceptors (Lipinski definition) is 7. The van der Waals surface area contributed by atoms with E-state index in [1.54, 1.807) is 12.1 Å². The number of rotatable bonds is 6. The number of esters is 1. The molecule has 0 radical (unpaired) electrons. The van der Waals surface area contributed by atoms with Crippen LogP contribution in [0.4, 0.5) is 17.2 Å². The number of fused-ring (bicyclic) bond motifs is 1. The molecule has 1 aromatic heterocycles. The molecule has 4 rings (SSSR count). The van der Waals surface area contributed by atoms with Crippen molar-refractivity contribution in [3.05, 3.63) is 66.5 Å². The highest BCUT2D eigenvalue weighted by Crippen LogP contribution is 2.26. The summed E-state index contributed by atoms with van der Waals surface area (Å²) in [6.07, 6.45) is 10.0. The van der Waals surface area contributed by atoms with Gasteiger partial charge < -0.3 is 15.4 Å². The number of nitrogens with zero attached hydrogens (tertiary/aromatic N) is 3. The molecular weight excluding hydrogens is 418 g/mol. The van der Waals surface area contributed by atoms with E-state index in [9.17, 15) is 9.59 Å². The van der Waals surface area contributed by atoms with Crippen molar-refractivity contribution >= 4 is 40.0 Å². The molecule has 1 aliphatic rings. The molecule has 8 nitrogen and oxygen atoms in total. The lowest BCUT2D eigenvalue weighted by Crippen LogP contribution is -2.44. The third-order valence-corrected chi connectivity index (χ3v) is 5.03. The van der Waals surface area contributed by atoms with E-state index in [0.29, 0.717) is 24.6 Å². The van der Waals surface area contributed by atoms with Crippen molar-refractivity contribution < 1.29 is 14.3 Å². The van der Waals surface area contributed by atoms with Crippen LogP contribution in [0.1, 0.15) is 12.5 Å². The molecule has 0 aliphatic carbocycles. The Morgan fingerprint density at radius 3 is 2.97 bits per heavy atom. The fraction of sp³-hybridized carbons (Fsp3) is 0.200. The zero-order valence-corrected chi connectivity index (χ0v) is 18.1. The summed E-state index contributed by atoms with van der Waals surface area (Å²) in [6.45, 7) is 3.20. The second-order valence-electron chi connectivity index (χ2n) is 7.69. The molecule has 1 fully saturated rings. The summed E-state index contributed by atoms with van der Waals surface area (Å²) in [5.74, 6) is 2.70. The van der Waals surface area contributed by atoms with E-state index in [1.165, 1.54) is 12.4 Å². The molecular formula is C25H23N5O3. The van der Waals surface area contributed by atoms with E-state index < -0.39 is 0 Å². The van der Waals surface area contributed by atoms with Crippen molar-refractivity contribution in [1.29, 1.82) is 0 Å². The summed E-state index contributed by atoms with van der Waals surface area (Å²) < 4.78 is 5.11. The van der Waals surface area contributed by atoms with Gasteiger partial charge in [0.05, 0.1) is 12.1 Å². The summed E-state index contributed by atoms with van der Waals surface area (Å²) in [5, 5.41) is 6.87. The van der Waals surface area contributed by atoms with Crippen LogP contribution < -0.4 is 10.6 Å². The molecule has 1 amide bonds. The van der Waals surface area contributed by atoms with Crippen LogP contribution in [-0.2, 0) is 14.3 Å². The molecule has 33 heavy (non-hydrogen) atoms. The molecule has 2 N–H and O–H groups in total. The van der Waals surface area contributed by atoms with Crippen LogP contribution in [0.2, 0.25) is 0 Å². The van der Waals surface area contributed by atoms with Gasteiger partial charge in [-0.15, -0.1) is 6.42 Å². The minimum atomic E-state index is -0.268. The standard InChI is InChI=1S/C25H23N5O3/c1-3-18-6-4-7-19(12-18)29-25-21-13-20(9-10-22(21)26-16-27-25)28-23(31)8-5-11-30-14-17(2)33-24(32)15-30/h1,4-10,12-13,16-17H,11,14-15H2,2H3,(H,28,31)(H,26,27,29). The Balaban J connectivity index is 1.45. The molecule has 3 aromatic rings. The maximum atomic E-state index is 12.4. The molecule has 8 heteroatoms. The normalized spacial score (nSPS) is 16.4. The number of carbonyl (C=O) groups is 2. The molecule has 1 unspecified atom stereocenters. The lowest BCUT2D eigenvalue weighted by Gasteiger charge is -2.29. The van der Waals surface area contributed by atoms with Crippen molar-refractivity contribution in [2.75, 3.05) is 30.3 Å². The van der Waals surface area contributed by atoms with Gasteiger partial charge in [0.25, 0.3) is 0 Å². The summed E-state index contributed by atoms with van der Waals surface area (Å²) >= 11 is 0. The summed E-state index contributed by atoms with van der Waals surface area (Å²) in [6, 6.07) is 12.9. The van der Waals surface area contributed by atoms with Crippen molar-refractivity contribution in [3.8, 4) is 12.3 Å². The number of terminal acetylenes is 1. The van der Waals surface area contributed by atoms with Crippen LogP contribution in [0.15, 0.2) is 60.9 Å². The highest BCUT2D eigenvalue weighted by molar-refractivity contribution is 6.01. The van der Waals surface area contributed by atoms with Gasteiger partial charge in [-0.2, -0.15) is 0 Å². The Hall–Kier alpha value is -4.22. The first-order valence-electron chi connectivity index (χ1n) is 10.5. The smallest absolute Gasteiger partial charge is 0.320 e. The highest BCUT2D eigenvalue weighted by atomic mass is 16.5. The number of ether oxygens (including phenoxy) is 1. The quantitative estimate of drug-likeness (QED) is 0.345. The van der Waals surface area contributed by atoms with E-state index in [-0.39, 0.29) is 24.5 Å². The van der Waals surface area contributed by atoms with Crippen LogP contribution in [0.3, 0.4) is 0 Å². The number of amides is 1. The average molecular weight is 441 g/mol. The predicted octanol–water partition coefficient (Wildman–Crippen LogP) is 3.10. The number of hydrogen-bond donors (Lipinski definition) is 2. The maximum Gasteiger partial charge on any atom is 0.320 e. The largest absolute Gasteiger partial charge is 0.460 e. The Kier molecular flexibility index (Phi) is 6.62. The molecule has 1 atom stereocenters. The van der Waals surface area contributed by atoms with Crippen molar-refractivity contribution in [2.45, 2.75) is 13.0 Å². The van der Waals surface area contributed by atoms with Crippen molar-refractivity contribution in [2.24, 2.45) is 0 Å². The number of morpholine rings is 1. The SMILES string of the molecule is C#Cc1cccc(Nc2ncnc3ccc(NC(=O)C=CCN4CC(=O)OC(C)C4)cc23)c1. The van der Waals surface area contributed by atoms with Gasteiger partial charge in [0.1, 0.15) is 18.2 Å². The van der Waals surface area contributed by atoms with E-state index in [2.05, 4.69) is 26.5 Å². The monoisotopic (exact) mass is 441 g/mol. The lowest BCUT2D eigenvalue weighted by atomic mass is 10.2. The molecule has 1 saturated heterocycles. The van der Waals surface area contributed by atoms with Crippen LogP contribution in [0.5, 0.6) is 0 Å². The van der Waals surface area contributed by atoms with Gasteiger partial charge in [-0.05, 0) is 43.3 Å². The zero-order valence-electron chi connectivity index (χ0n) is 18.1. The number of anilines is 3. The molecule has 2 heterocycles. The molecule has 2 aromatic carbocycles. The Bertz CT molecular complexity index is 1260. The minimum Gasteiger partial charge on any atom is -0.460 e. The third kappa shape index (κ3) is 5.73. The summed E-state index contributed by atoms with van der Waals surface area (Å²) in [5.41, 5.74) is 2.91. The van der Waals surface area contributed by atoms with Crippen LogP contribution in [-0.4, -0.2) is 52.5 Å². The Labute approximate surface area is 191 Å². The first-order valence-corrected chi connectivity index (χ1v) is 10.5. The number of benzene rings is 2. The second-order valence-corrected chi connectivity index (χ2v) is 7.69. The molecule has 0 bridgehead atoms. The van der Waals surface area contributed by atoms with Gasteiger partial charge in [0, 0.05) is 41.5 Å². The second kappa shape index (κ2) is 9.94. The lowest BCUT2D eigenvalue weighted by molar-refractivity contribution is -0.156. The van der Waals surface area contributed by atoms with Gasteiger partial charge in [0.15, 0.2) is 0 Å².